The molecule has 0 aliphatic carbocycles. The van der Waals surface area contributed by atoms with Gasteiger partial charge in [-0.05, 0) is 6.92 Å². The highest BCUT2D eigenvalue weighted by Crippen LogP contribution is 2.35. The molecule has 5 fully saturated rings. The third kappa shape index (κ3) is 13.7. The lowest BCUT2D eigenvalue weighted by atomic mass is 9.94. The number of rotatable bonds is 21. The molecule has 0 aromatic rings. The van der Waals surface area contributed by atoms with Crippen LogP contribution in [0.25, 0.3) is 0 Å². The zero-order valence-electron chi connectivity index (χ0n) is 38.8. The first-order chi connectivity index (χ1) is 33.9. The molecule has 5 rings (SSSR count). The number of nitrogens with one attached hydrogen (secondary N) is 2. The van der Waals surface area contributed by atoms with Crippen molar-refractivity contribution in [3.8, 4) is 0 Å². The molecule has 0 bridgehead atoms. The smallest absolute Gasteiger partial charge is 0.217 e. The summed E-state index contributed by atoms with van der Waals surface area (Å²) in [5.41, 5.74) is 0. The fraction of sp³-hybridized carbons (Fsp3) is 0.925. The SMILES string of the molecule is CC(=O)N[C@H]1[C@H](O[C@@H]([C@H](O)[C@H](C=O)NC(C)=O)[C@H](O)CO[C@@H]2O[C@@H](C)[C@@H](O)[C@@H](O)[C@@H]2O)O[C@H](CO)[C@@H](O[C@@H]2O[C@H](CO[C@H]3O[C@H](CO)[C@@H](O)[C@H](O)[C@@H]3O)[C@@H](O)[C@H](O[C@H]3O[C@H](CO)[C@@H](O)[C@H](O)[C@@H]3O)[C@@H]2O)[C@@H]1O. The van der Waals surface area contributed by atoms with Gasteiger partial charge in [0.05, 0.1) is 39.1 Å². The number of aldehydes is 1. The van der Waals surface area contributed by atoms with Crippen LogP contribution in [0.15, 0.2) is 0 Å². The van der Waals surface area contributed by atoms with Crippen molar-refractivity contribution in [2.24, 2.45) is 0 Å². The Balaban J connectivity index is 1.43. The molecule has 19 N–H and O–H groups in total. The van der Waals surface area contributed by atoms with Gasteiger partial charge in [0, 0.05) is 13.8 Å². The van der Waals surface area contributed by atoms with Crippen LogP contribution in [0.2, 0.25) is 0 Å². The molecule has 72 heavy (non-hydrogen) atoms. The zero-order chi connectivity index (χ0) is 53.6. The molecule has 0 saturated carbocycles. The maximum absolute atomic E-state index is 12.7. The number of hydrogen-bond donors (Lipinski definition) is 19. The molecule has 2 amide bonds. The first-order valence-electron chi connectivity index (χ1n) is 22.7. The van der Waals surface area contributed by atoms with Crippen molar-refractivity contribution in [2.75, 3.05) is 33.0 Å². The predicted octanol–water partition coefficient (Wildman–Crippen LogP) is -12.9. The van der Waals surface area contributed by atoms with E-state index in [9.17, 15) is 101 Å². The van der Waals surface area contributed by atoms with Crippen LogP contribution in [-0.2, 0) is 61.8 Å². The maximum atomic E-state index is 12.7. The molecule has 5 heterocycles. The zero-order valence-corrected chi connectivity index (χ0v) is 38.8. The number of carbonyl (C=O) groups excluding carboxylic acids is 3. The summed E-state index contributed by atoms with van der Waals surface area (Å²) in [4.78, 5) is 36.8. The molecular weight excluding hydrogens is 988 g/mol. The highest BCUT2D eigenvalue weighted by molar-refractivity contribution is 5.77. The second-order valence-corrected chi connectivity index (χ2v) is 17.9. The van der Waals surface area contributed by atoms with E-state index >= 15 is 0 Å². The van der Waals surface area contributed by atoms with Crippen LogP contribution in [0.5, 0.6) is 0 Å². The molecule has 32 nitrogen and oxygen atoms in total. The molecule has 0 aromatic carbocycles. The van der Waals surface area contributed by atoms with Crippen LogP contribution in [-0.4, -0.2) is 316 Å². The Morgan fingerprint density at radius 2 is 1.03 bits per heavy atom. The Bertz CT molecular complexity index is 1710. The third-order valence-corrected chi connectivity index (χ3v) is 12.7. The van der Waals surface area contributed by atoms with Crippen LogP contribution < -0.4 is 10.6 Å². The first kappa shape index (κ1) is 60.4. The Hall–Kier alpha value is -2.47. The molecule has 32 heteroatoms. The average Bonchev–Trinajstić information content (AvgIpc) is 3.34. The summed E-state index contributed by atoms with van der Waals surface area (Å²) in [6.45, 7) is -1.51. The standard InChI is InChI=1S/C40H68N2O30/c1-10-20(50)26(56)29(59)37(65-10)63-8-14(49)33(21(51)13(4-43)41-11(2)47)70-36-19(42-12(3)48)25(55)34(17(7-46)68-36)71-40-32(62)35(72-39-31(61)28(58)23(53)16(6-45)67-39)24(54)18(69-40)9-64-38-30(60)27(57)22(52)15(5-44)66-38/h4,10,13-40,44-46,49-62H,5-9H2,1-3H3,(H,41,47)(H,42,48)/t10-,13-,14+,15+,16+,17+,18+,19+,20+,21+,22+,23+,24+,25+,26+,27-,28-,29-,30-,31-,32-,33+,34+,35-,36-,37+,38-,39+,40-/m0/s1. The van der Waals surface area contributed by atoms with Gasteiger partial charge in [-0.1, -0.05) is 0 Å². The topological polar surface area (TPSA) is 511 Å². The van der Waals surface area contributed by atoms with Gasteiger partial charge in [0.2, 0.25) is 11.8 Å². The lowest BCUT2D eigenvalue weighted by molar-refractivity contribution is -0.382. The number of aliphatic hydroxyl groups excluding tert-OH is 17. The lowest BCUT2D eigenvalue weighted by Gasteiger charge is -2.49. The van der Waals surface area contributed by atoms with Crippen molar-refractivity contribution in [1.82, 2.24) is 10.6 Å². The number of aliphatic hydroxyl groups is 17. The van der Waals surface area contributed by atoms with E-state index in [1.165, 1.54) is 6.92 Å². The van der Waals surface area contributed by atoms with Crippen molar-refractivity contribution in [3.63, 3.8) is 0 Å². The number of amides is 2. The maximum Gasteiger partial charge on any atom is 0.217 e. The molecule has 0 unspecified atom stereocenters. The number of hydrogen-bond acceptors (Lipinski definition) is 30. The monoisotopic (exact) mass is 1060 g/mol. The van der Waals surface area contributed by atoms with Gasteiger partial charge in [-0.2, -0.15) is 0 Å². The van der Waals surface area contributed by atoms with E-state index in [1.54, 1.807) is 0 Å². The molecular formula is C40H68N2O30. The van der Waals surface area contributed by atoms with Gasteiger partial charge in [-0.15, -0.1) is 0 Å². The highest BCUT2D eigenvalue weighted by Gasteiger charge is 2.56. The van der Waals surface area contributed by atoms with Crippen LogP contribution in [0.3, 0.4) is 0 Å². The van der Waals surface area contributed by atoms with E-state index in [2.05, 4.69) is 10.6 Å². The first-order valence-corrected chi connectivity index (χ1v) is 22.7. The highest BCUT2D eigenvalue weighted by atomic mass is 16.8. The van der Waals surface area contributed by atoms with Gasteiger partial charge in [0.1, 0.15) is 147 Å². The largest absolute Gasteiger partial charge is 0.394 e. The third-order valence-electron chi connectivity index (χ3n) is 12.7. The quantitative estimate of drug-likeness (QED) is 0.0475. The van der Waals surface area contributed by atoms with Crippen LogP contribution >= 0.6 is 0 Å². The average molecular weight is 1060 g/mol. The number of carbonyl (C=O) groups is 3. The molecule has 5 aliphatic heterocycles. The van der Waals surface area contributed by atoms with E-state index < -0.39 is 223 Å². The summed E-state index contributed by atoms with van der Waals surface area (Å²) in [7, 11) is 0. The molecule has 5 saturated heterocycles. The van der Waals surface area contributed by atoms with E-state index in [-0.39, 0.29) is 6.29 Å². The minimum Gasteiger partial charge on any atom is -0.394 e. The van der Waals surface area contributed by atoms with Gasteiger partial charge >= 0.3 is 0 Å². The van der Waals surface area contributed by atoms with E-state index in [1.807, 2.05) is 0 Å². The summed E-state index contributed by atoms with van der Waals surface area (Å²) in [6, 6.07) is -3.73. The van der Waals surface area contributed by atoms with Gasteiger partial charge in [0.25, 0.3) is 0 Å². The van der Waals surface area contributed by atoms with Gasteiger partial charge in [0.15, 0.2) is 31.5 Å². The van der Waals surface area contributed by atoms with Crippen molar-refractivity contribution >= 4 is 18.1 Å². The minimum atomic E-state index is -2.27. The predicted molar refractivity (Wildman–Crippen MR) is 222 cm³/mol. The van der Waals surface area contributed by atoms with Crippen molar-refractivity contribution < 1.29 is 149 Å². The molecule has 5 aliphatic rings. The summed E-state index contributed by atoms with van der Waals surface area (Å²) in [5, 5.41) is 186. The van der Waals surface area contributed by atoms with Crippen molar-refractivity contribution in [2.45, 2.75) is 199 Å². The van der Waals surface area contributed by atoms with Gasteiger partial charge in [-0.25, -0.2) is 0 Å². The molecule has 0 spiro atoms. The van der Waals surface area contributed by atoms with E-state index in [0.29, 0.717) is 0 Å². The molecule has 0 aromatic heterocycles. The Kier molecular flexibility index (Phi) is 22.3. The van der Waals surface area contributed by atoms with Crippen LogP contribution in [0, 0.1) is 0 Å². The Morgan fingerprint density at radius 1 is 0.542 bits per heavy atom. The van der Waals surface area contributed by atoms with Crippen molar-refractivity contribution in [3.05, 3.63) is 0 Å². The summed E-state index contributed by atoms with van der Waals surface area (Å²) < 4.78 is 56.4. The van der Waals surface area contributed by atoms with Crippen LogP contribution in [0.1, 0.15) is 20.8 Å². The second-order valence-electron chi connectivity index (χ2n) is 17.9. The fourth-order valence-corrected chi connectivity index (χ4v) is 8.57. The minimum absolute atomic E-state index is 0.0643. The second kappa shape index (κ2) is 26.5. The molecule has 0 radical (unpaired) electrons. The molecule has 418 valence electrons. The Labute approximate surface area is 408 Å². The summed E-state index contributed by atoms with van der Waals surface area (Å²) in [6.07, 6.45) is -51.5. The normalized spacial score (nSPS) is 45.6. The number of ether oxygens (including phenoxy) is 10. The Morgan fingerprint density at radius 3 is 1.57 bits per heavy atom. The van der Waals surface area contributed by atoms with E-state index in [0.717, 1.165) is 13.8 Å². The summed E-state index contributed by atoms with van der Waals surface area (Å²) in [5.74, 6) is -1.75. The molecule has 29 atom stereocenters. The summed E-state index contributed by atoms with van der Waals surface area (Å²) >= 11 is 0. The fourth-order valence-electron chi connectivity index (χ4n) is 8.57. The van der Waals surface area contributed by atoms with Gasteiger partial charge < -0.3 is 150 Å². The van der Waals surface area contributed by atoms with Crippen molar-refractivity contribution in [1.29, 1.82) is 0 Å². The van der Waals surface area contributed by atoms with Crippen LogP contribution in [0.4, 0.5) is 0 Å². The van der Waals surface area contributed by atoms with Gasteiger partial charge in [-0.3, -0.25) is 9.59 Å². The van der Waals surface area contributed by atoms with E-state index in [4.69, 9.17) is 47.4 Å². The lowest BCUT2D eigenvalue weighted by Crippen LogP contribution is -2.69.